The van der Waals surface area contributed by atoms with Crippen LogP contribution in [0.2, 0.25) is 0 Å². The monoisotopic (exact) mass is 499 g/mol. The van der Waals surface area contributed by atoms with E-state index >= 15 is 0 Å². The molecule has 1 aliphatic rings. The predicted molar refractivity (Wildman–Crippen MR) is 141 cm³/mol. The fourth-order valence-electron chi connectivity index (χ4n) is 4.63. The number of nitrogens with zero attached hydrogens (tertiary/aromatic N) is 2. The third-order valence-corrected chi connectivity index (χ3v) is 6.87. The highest BCUT2D eigenvalue weighted by Gasteiger charge is 2.36. The highest BCUT2D eigenvalue weighted by Crippen LogP contribution is 2.29. The van der Waals surface area contributed by atoms with Gasteiger partial charge in [0.05, 0.1) is 12.7 Å². The van der Waals surface area contributed by atoms with E-state index in [1.54, 1.807) is 24.1 Å². The average Bonchev–Trinajstić information content (AvgIpc) is 3.69. The number of carbonyl (C=O) groups is 2. The van der Waals surface area contributed by atoms with Crippen molar-refractivity contribution in [1.29, 1.82) is 0 Å². The van der Waals surface area contributed by atoms with Crippen molar-refractivity contribution in [1.82, 2.24) is 14.8 Å². The summed E-state index contributed by atoms with van der Waals surface area (Å²) < 4.78 is 19.6. The summed E-state index contributed by atoms with van der Waals surface area (Å²) in [6.45, 7) is 0.804. The molecule has 3 aromatic carbocycles. The molecule has 0 saturated heterocycles. The van der Waals surface area contributed by atoms with Gasteiger partial charge in [0.15, 0.2) is 0 Å². The van der Waals surface area contributed by atoms with Crippen molar-refractivity contribution >= 4 is 22.7 Å². The van der Waals surface area contributed by atoms with E-state index in [9.17, 15) is 14.0 Å². The molecule has 190 valence electrons. The number of aromatic amines is 1. The molecule has 2 amide bonds. The van der Waals surface area contributed by atoms with Gasteiger partial charge < -0.3 is 19.5 Å². The summed E-state index contributed by atoms with van der Waals surface area (Å²) in [5.74, 6) is -0.418. The van der Waals surface area contributed by atoms with Gasteiger partial charge in [0.1, 0.15) is 18.1 Å². The topological polar surface area (TPSA) is 65.6 Å². The molecule has 1 fully saturated rings. The Morgan fingerprint density at radius 2 is 1.73 bits per heavy atom. The molecule has 1 saturated carbocycles. The van der Waals surface area contributed by atoms with Crippen molar-refractivity contribution in [3.63, 3.8) is 0 Å². The van der Waals surface area contributed by atoms with E-state index in [0.717, 1.165) is 40.6 Å². The Labute approximate surface area is 215 Å². The first-order valence-electron chi connectivity index (χ1n) is 12.5. The Hall–Kier alpha value is -4.13. The van der Waals surface area contributed by atoms with Gasteiger partial charge in [0.2, 0.25) is 5.91 Å². The fraction of sp³-hybridized carbons (Fsp3) is 0.267. The van der Waals surface area contributed by atoms with Gasteiger partial charge in [-0.15, -0.1) is 0 Å². The van der Waals surface area contributed by atoms with Crippen molar-refractivity contribution in [3.8, 4) is 5.75 Å². The Morgan fingerprint density at radius 3 is 2.46 bits per heavy atom. The molecule has 0 unspecified atom stereocenters. The fourth-order valence-corrected chi connectivity index (χ4v) is 4.63. The molecule has 0 aliphatic heterocycles. The molecule has 37 heavy (non-hydrogen) atoms. The molecule has 0 radical (unpaired) electrons. The van der Waals surface area contributed by atoms with Gasteiger partial charge >= 0.3 is 0 Å². The first-order chi connectivity index (χ1) is 18.0. The number of rotatable bonds is 10. The Morgan fingerprint density at radius 1 is 1.00 bits per heavy atom. The maximum absolute atomic E-state index is 14.4. The zero-order chi connectivity index (χ0) is 25.8. The predicted octanol–water partition coefficient (Wildman–Crippen LogP) is 5.19. The van der Waals surface area contributed by atoms with E-state index in [4.69, 9.17) is 4.74 Å². The number of hydrogen-bond donors (Lipinski definition) is 1. The van der Waals surface area contributed by atoms with E-state index in [2.05, 4.69) is 11.1 Å². The first-order valence-corrected chi connectivity index (χ1v) is 12.5. The Balaban J connectivity index is 1.36. The van der Waals surface area contributed by atoms with Crippen LogP contribution >= 0.6 is 0 Å². The smallest absolute Gasteiger partial charge is 0.257 e. The van der Waals surface area contributed by atoms with E-state index in [1.807, 2.05) is 48.7 Å². The maximum atomic E-state index is 14.4. The van der Waals surface area contributed by atoms with E-state index in [-0.39, 0.29) is 24.1 Å². The quantitative estimate of drug-likeness (QED) is 0.327. The van der Waals surface area contributed by atoms with Crippen LogP contribution in [0.1, 0.15) is 34.3 Å². The zero-order valence-electron chi connectivity index (χ0n) is 20.8. The summed E-state index contributed by atoms with van der Waals surface area (Å²) in [5.41, 5.74) is 3.15. The van der Waals surface area contributed by atoms with Crippen LogP contribution < -0.4 is 4.74 Å². The number of carbonyl (C=O) groups excluding carboxylic acids is 2. The van der Waals surface area contributed by atoms with Gasteiger partial charge in [0, 0.05) is 36.2 Å². The van der Waals surface area contributed by atoms with Crippen LogP contribution in [0.5, 0.6) is 5.75 Å². The lowest BCUT2D eigenvalue weighted by atomic mass is 10.1. The molecule has 7 heteroatoms. The Kier molecular flexibility index (Phi) is 7.21. The number of benzene rings is 3. The maximum Gasteiger partial charge on any atom is 0.257 e. The minimum absolute atomic E-state index is 0.00250. The van der Waals surface area contributed by atoms with Gasteiger partial charge in [-0.3, -0.25) is 9.59 Å². The van der Waals surface area contributed by atoms with Crippen molar-refractivity contribution in [2.24, 2.45) is 0 Å². The van der Waals surface area contributed by atoms with Crippen molar-refractivity contribution < 1.29 is 18.7 Å². The van der Waals surface area contributed by atoms with Crippen LogP contribution in [0.4, 0.5) is 4.39 Å². The van der Waals surface area contributed by atoms with Crippen LogP contribution in [0.25, 0.3) is 10.9 Å². The molecule has 1 N–H and O–H groups in total. The number of fused-ring (bicyclic) bond motifs is 1. The number of methoxy groups -OCH3 is 1. The summed E-state index contributed by atoms with van der Waals surface area (Å²) in [7, 11) is 1.62. The third kappa shape index (κ3) is 5.66. The number of H-pyrrole nitrogens is 1. The van der Waals surface area contributed by atoms with Gasteiger partial charge in [-0.25, -0.2) is 4.39 Å². The lowest BCUT2D eigenvalue weighted by Crippen LogP contribution is -2.44. The number of nitrogens with one attached hydrogen (secondary N) is 1. The van der Waals surface area contributed by atoms with Gasteiger partial charge in [-0.1, -0.05) is 42.5 Å². The lowest BCUT2D eigenvalue weighted by molar-refractivity contribution is -0.132. The van der Waals surface area contributed by atoms with Crippen LogP contribution in [-0.4, -0.2) is 52.8 Å². The third-order valence-electron chi connectivity index (χ3n) is 6.87. The van der Waals surface area contributed by atoms with Crippen molar-refractivity contribution in [2.45, 2.75) is 31.8 Å². The van der Waals surface area contributed by atoms with Gasteiger partial charge in [-0.05, 0) is 60.7 Å². The van der Waals surface area contributed by atoms with E-state index in [1.165, 1.54) is 17.0 Å². The molecular weight excluding hydrogens is 469 g/mol. The zero-order valence-corrected chi connectivity index (χ0v) is 20.8. The number of hydrogen-bond acceptors (Lipinski definition) is 3. The minimum atomic E-state index is -0.569. The molecule has 6 nitrogen and oxygen atoms in total. The summed E-state index contributed by atoms with van der Waals surface area (Å²) in [5, 5.41) is 1.13. The number of ether oxygens (including phenoxy) is 1. The number of amides is 2. The second-order valence-electron chi connectivity index (χ2n) is 9.42. The molecule has 1 aliphatic carbocycles. The van der Waals surface area contributed by atoms with E-state index in [0.29, 0.717) is 19.5 Å². The molecule has 5 rings (SSSR count). The SMILES string of the molecule is COc1ccc(CN(CCc2c[nH]c3ccccc23)C(=O)CN(C(=O)c2ccccc2F)C2CC2)cc1. The highest BCUT2D eigenvalue weighted by molar-refractivity contribution is 5.97. The molecule has 1 heterocycles. The molecule has 0 spiro atoms. The summed E-state index contributed by atoms with van der Waals surface area (Å²) in [6.07, 6.45) is 4.29. The minimum Gasteiger partial charge on any atom is -0.497 e. The molecule has 0 atom stereocenters. The lowest BCUT2D eigenvalue weighted by Gasteiger charge is -2.28. The largest absolute Gasteiger partial charge is 0.497 e. The molecule has 1 aromatic heterocycles. The standard InChI is InChI=1S/C30H30FN3O3/c1-37-24-14-10-21(11-15-24)19-33(17-16-22-18-32-28-9-5-3-6-25(22)28)29(35)20-34(23-12-13-23)30(36)26-7-2-4-8-27(26)31/h2-11,14-15,18,23,32H,12-13,16-17,19-20H2,1H3. The highest BCUT2D eigenvalue weighted by atomic mass is 19.1. The van der Waals surface area contributed by atoms with Crippen molar-refractivity contribution in [2.75, 3.05) is 20.2 Å². The van der Waals surface area contributed by atoms with E-state index < -0.39 is 11.7 Å². The van der Waals surface area contributed by atoms with Crippen molar-refractivity contribution in [3.05, 3.63) is 102 Å². The molecular formula is C30H30FN3O3. The van der Waals surface area contributed by atoms with Crippen LogP contribution in [0.15, 0.2) is 79.0 Å². The van der Waals surface area contributed by atoms with Crippen LogP contribution in [-0.2, 0) is 17.8 Å². The normalized spacial score (nSPS) is 12.9. The summed E-state index contributed by atoms with van der Waals surface area (Å²) in [6, 6.07) is 21.6. The summed E-state index contributed by atoms with van der Waals surface area (Å²) in [4.78, 5) is 33.5. The average molecular weight is 500 g/mol. The molecule has 0 bridgehead atoms. The second-order valence-corrected chi connectivity index (χ2v) is 9.42. The van der Waals surface area contributed by atoms with Crippen LogP contribution in [0.3, 0.4) is 0 Å². The second kappa shape index (κ2) is 10.9. The molecule has 4 aromatic rings. The number of halogens is 1. The first kappa shape index (κ1) is 24.6. The van der Waals surface area contributed by atoms with Crippen LogP contribution in [0, 0.1) is 5.82 Å². The number of para-hydroxylation sites is 1. The van der Waals surface area contributed by atoms with Gasteiger partial charge in [0.25, 0.3) is 5.91 Å². The van der Waals surface area contributed by atoms with Gasteiger partial charge in [-0.2, -0.15) is 0 Å². The summed E-state index contributed by atoms with van der Waals surface area (Å²) >= 11 is 0. The number of aromatic nitrogens is 1. The Bertz CT molecular complexity index is 1390.